The van der Waals surface area contributed by atoms with E-state index in [-0.39, 0.29) is 17.4 Å². The van der Waals surface area contributed by atoms with Gasteiger partial charge in [-0.3, -0.25) is 9.59 Å². The van der Waals surface area contributed by atoms with Crippen molar-refractivity contribution in [2.24, 2.45) is 0 Å². The summed E-state index contributed by atoms with van der Waals surface area (Å²) in [6.07, 6.45) is 0. The summed E-state index contributed by atoms with van der Waals surface area (Å²) in [7, 11) is 1.61. The maximum absolute atomic E-state index is 14.0. The fraction of sp³-hybridized carbons (Fsp3) is 0.200. The van der Waals surface area contributed by atoms with Crippen LogP contribution in [0.4, 0.5) is 10.1 Å². The molecule has 5 rings (SSSR count). The maximum Gasteiger partial charge on any atom is 0.268 e. The highest BCUT2D eigenvalue weighted by atomic mass is 32.2. The number of hydrogen-bond donors (Lipinski definition) is 0. The summed E-state index contributed by atoms with van der Waals surface area (Å²) in [5.41, 5.74) is 2.74. The molecule has 3 aromatic rings. The van der Waals surface area contributed by atoms with Gasteiger partial charge in [-0.25, -0.2) is 4.39 Å². The van der Waals surface area contributed by atoms with E-state index in [0.717, 1.165) is 22.6 Å². The minimum absolute atomic E-state index is 0.159. The molecule has 2 heterocycles. The molecule has 162 valence electrons. The molecule has 0 saturated carbocycles. The van der Waals surface area contributed by atoms with Crippen molar-refractivity contribution in [2.75, 3.05) is 24.3 Å². The van der Waals surface area contributed by atoms with Crippen molar-refractivity contribution in [1.29, 1.82) is 0 Å². The van der Waals surface area contributed by atoms with Crippen LogP contribution in [0.2, 0.25) is 0 Å². The van der Waals surface area contributed by atoms with E-state index in [1.807, 2.05) is 48.5 Å². The van der Waals surface area contributed by atoms with Crippen molar-refractivity contribution in [2.45, 2.75) is 11.4 Å². The third-order valence-corrected chi connectivity index (χ3v) is 7.31. The number of carbonyl (C=O) groups excluding carboxylic acids is 2. The first kappa shape index (κ1) is 20.6. The lowest BCUT2D eigenvalue weighted by Crippen LogP contribution is -2.50. The first-order valence-corrected chi connectivity index (χ1v) is 11.3. The van der Waals surface area contributed by atoms with Crippen LogP contribution >= 0.6 is 11.8 Å². The molecule has 0 radical (unpaired) electrons. The summed E-state index contributed by atoms with van der Waals surface area (Å²) in [5.74, 6) is 0.355. The second-order valence-corrected chi connectivity index (χ2v) is 9.01. The molecule has 1 fully saturated rings. The van der Waals surface area contributed by atoms with Crippen molar-refractivity contribution in [3.05, 3.63) is 95.3 Å². The molecule has 1 unspecified atom stereocenters. The van der Waals surface area contributed by atoms with Crippen LogP contribution in [0.25, 0.3) is 0 Å². The van der Waals surface area contributed by atoms with Crippen LogP contribution in [-0.2, 0) is 16.2 Å². The molecule has 0 bridgehead atoms. The lowest BCUT2D eigenvalue weighted by atomic mass is 10.0. The number of anilines is 1. The third-order valence-electron chi connectivity index (χ3n) is 5.89. The standard InChI is InChI=1S/C25H21FN2O3S/c1-31-20-9-4-6-17(14-20)16-27-22-11-3-2-10-21(22)25(24(27)30)28(12-13-32-25)23(29)18-7-5-8-19(26)15-18/h2-11,14-15H,12-13,16H2,1H3. The Balaban J connectivity index is 1.56. The zero-order valence-electron chi connectivity index (χ0n) is 17.5. The van der Waals surface area contributed by atoms with E-state index in [1.165, 1.54) is 30.0 Å². The molecule has 1 saturated heterocycles. The highest BCUT2D eigenvalue weighted by Gasteiger charge is 2.59. The van der Waals surface area contributed by atoms with Crippen LogP contribution in [0.3, 0.4) is 0 Å². The van der Waals surface area contributed by atoms with Crippen LogP contribution in [0.1, 0.15) is 21.5 Å². The molecule has 0 aromatic heterocycles. The molecule has 7 heteroatoms. The molecule has 0 aliphatic carbocycles. The van der Waals surface area contributed by atoms with E-state index in [4.69, 9.17) is 4.74 Å². The second kappa shape index (κ2) is 7.98. The first-order chi connectivity index (χ1) is 15.5. The Labute approximate surface area is 189 Å². The first-order valence-electron chi connectivity index (χ1n) is 10.3. The van der Waals surface area contributed by atoms with E-state index < -0.39 is 10.7 Å². The second-order valence-electron chi connectivity index (χ2n) is 7.72. The van der Waals surface area contributed by atoms with E-state index in [2.05, 4.69) is 0 Å². The van der Waals surface area contributed by atoms with E-state index in [9.17, 15) is 14.0 Å². The number of thioether (sulfide) groups is 1. The molecule has 2 amide bonds. The van der Waals surface area contributed by atoms with Crippen molar-refractivity contribution in [3.8, 4) is 5.75 Å². The van der Waals surface area contributed by atoms with E-state index in [1.54, 1.807) is 23.0 Å². The average molecular weight is 449 g/mol. The number of ether oxygens (including phenoxy) is 1. The van der Waals surface area contributed by atoms with Crippen LogP contribution in [0.15, 0.2) is 72.8 Å². The predicted molar refractivity (Wildman–Crippen MR) is 122 cm³/mol. The molecule has 2 aliphatic heterocycles. The number of methoxy groups -OCH3 is 1. The lowest BCUT2D eigenvalue weighted by Gasteiger charge is -2.33. The van der Waals surface area contributed by atoms with Gasteiger partial charge in [0, 0.05) is 23.4 Å². The number of para-hydroxylation sites is 1. The van der Waals surface area contributed by atoms with Crippen LogP contribution in [0, 0.1) is 5.82 Å². The van der Waals surface area contributed by atoms with E-state index in [0.29, 0.717) is 18.8 Å². The quantitative estimate of drug-likeness (QED) is 0.593. The van der Waals surface area contributed by atoms with Gasteiger partial charge in [0.15, 0.2) is 4.87 Å². The zero-order valence-corrected chi connectivity index (χ0v) is 18.3. The highest BCUT2D eigenvalue weighted by molar-refractivity contribution is 8.01. The largest absolute Gasteiger partial charge is 0.497 e. The van der Waals surface area contributed by atoms with Crippen LogP contribution in [-0.4, -0.2) is 36.1 Å². The Morgan fingerprint density at radius 3 is 2.72 bits per heavy atom. The molecular weight excluding hydrogens is 427 g/mol. The number of fused-ring (bicyclic) bond motifs is 2. The summed E-state index contributed by atoms with van der Waals surface area (Å²) in [6.45, 7) is 0.768. The number of halogens is 1. The minimum Gasteiger partial charge on any atom is -0.497 e. The third kappa shape index (κ3) is 3.15. The highest BCUT2D eigenvalue weighted by Crippen LogP contribution is 2.54. The summed E-state index contributed by atoms with van der Waals surface area (Å²) < 4.78 is 19.1. The molecule has 0 N–H and O–H groups in total. The molecule has 32 heavy (non-hydrogen) atoms. The van der Waals surface area contributed by atoms with Crippen molar-refractivity contribution in [3.63, 3.8) is 0 Å². The van der Waals surface area contributed by atoms with E-state index >= 15 is 0 Å². The van der Waals surface area contributed by atoms with Crippen molar-refractivity contribution < 1.29 is 18.7 Å². The van der Waals surface area contributed by atoms with Gasteiger partial charge >= 0.3 is 0 Å². The molecule has 5 nitrogen and oxygen atoms in total. The Kier molecular flexibility index (Phi) is 5.13. The zero-order chi connectivity index (χ0) is 22.3. The van der Waals surface area contributed by atoms with Gasteiger partial charge in [-0.2, -0.15) is 0 Å². The Bertz CT molecular complexity index is 1220. The number of benzene rings is 3. The van der Waals surface area contributed by atoms with Crippen LogP contribution in [0.5, 0.6) is 5.75 Å². The Hall–Kier alpha value is -3.32. The fourth-order valence-electron chi connectivity index (χ4n) is 4.46. The number of hydrogen-bond acceptors (Lipinski definition) is 4. The van der Waals surface area contributed by atoms with Gasteiger partial charge in [0.25, 0.3) is 11.8 Å². The van der Waals surface area contributed by atoms with Gasteiger partial charge in [0.2, 0.25) is 0 Å². The lowest BCUT2D eigenvalue weighted by molar-refractivity contribution is -0.123. The normalized spacial score (nSPS) is 19.5. The topological polar surface area (TPSA) is 49.9 Å². The fourth-order valence-corrected chi connectivity index (χ4v) is 5.92. The minimum atomic E-state index is -1.15. The molecular formula is C25H21FN2O3S. The molecule has 1 spiro atoms. The number of nitrogens with zero attached hydrogens (tertiary/aromatic N) is 2. The maximum atomic E-state index is 14.0. The summed E-state index contributed by atoms with van der Waals surface area (Å²) in [5, 5.41) is 0. The molecule has 3 aromatic carbocycles. The number of amides is 2. The Morgan fingerprint density at radius 1 is 1.09 bits per heavy atom. The van der Waals surface area contributed by atoms with Gasteiger partial charge in [-0.1, -0.05) is 36.4 Å². The smallest absolute Gasteiger partial charge is 0.268 e. The number of carbonyl (C=O) groups is 2. The van der Waals surface area contributed by atoms with Crippen molar-refractivity contribution >= 4 is 29.3 Å². The van der Waals surface area contributed by atoms with Gasteiger partial charge < -0.3 is 14.5 Å². The van der Waals surface area contributed by atoms with Gasteiger partial charge in [-0.15, -0.1) is 11.8 Å². The SMILES string of the molecule is COc1cccc(CN2C(=O)C3(SCCN3C(=O)c3cccc(F)c3)c3ccccc32)c1. The summed E-state index contributed by atoms with van der Waals surface area (Å²) in [4.78, 5) is 29.6. The summed E-state index contributed by atoms with van der Waals surface area (Å²) >= 11 is 1.46. The number of rotatable bonds is 4. The van der Waals surface area contributed by atoms with Gasteiger partial charge in [0.05, 0.1) is 19.3 Å². The van der Waals surface area contributed by atoms with Crippen molar-refractivity contribution in [1.82, 2.24) is 4.90 Å². The average Bonchev–Trinajstić information content (AvgIpc) is 3.36. The predicted octanol–water partition coefficient (Wildman–Crippen LogP) is 4.42. The van der Waals surface area contributed by atoms with Crippen LogP contribution < -0.4 is 9.64 Å². The summed E-state index contributed by atoms with van der Waals surface area (Å²) in [6, 6.07) is 20.8. The Morgan fingerprint density at radius 2 is 1.91 bits per heavy atom. The molecule has 1 atom stereocenters. The van der Waals surface area contributed by atoms with Gasteiger partial charge in [-0.05, 0) is 42.0 Å². The van der Waals surface area contributed by atoms with Gasteiger partial charge in [0.1, 0.15) is 11.6 Å². The monoisotopic (exact) mass is 448 g/mol. The molecule has 2 aliphatic rings.